The van der Waals surface area contributed by atoms with Crippen molar-refractivity contribution in [3.05, 3.63) is 60.0 Å². The number of hydrogen-bond acceptors (Lipinski definition) is 7. The molecule has 0 unspecified atom stereocenters. The summed E-state index contributed by atoms with van der Waals surface area (Å²) in [6, 6.07) is 10.9. The van der Waals surface area contributed by atoms with Gasteiger partial charge in [0, 0.05) is 18.7 Å². The maximum Gasteiger partial charge on any atom is 0.338 e. The maximum absolute atomic E-state index is 12.9. The maximum atomic E-state index is 12.9. The quantitative estimate of drug-likeness (QED) is 0.547. The number of piperidine rings is 1. The van der Waals surface area contributed by atoms with Gasteiger partial charge in [0.2, 0.25) is 15.8 Å². The van der Waals surface area contributed by atoms with Gasteiger partial charge in [0.25, 0.3) is 0 Å². The highest BCUT2D eigenvalue weighted by Crippen LogP contribution is 2.25. The van der Waals surface area contributed by atoms with Gasteiger partial charge < -0.3 is 13.7 Å². The number of benzene rings is 1. The first kappa shape index (κ1) is 20.4. The third-order valence-corrected chi connectivity index (χ3v) is 7.14. The van der Waals surface area contributed by atoms with Crippen LogP contribution in [0.2, 0.25) is 0 Å². The Morgan fingerprint density at radius 3 is 2.70 bits per heavy atom. The monoisotopic (exact) mass is 430 g/mol. The minimum Gasteiger partial charge on any atom is -0.461 e. The van der Waals surface area contributed by atoms with Crippen molar-refractivity contribution >= 4 is 16.0 Å². The highest BCUT2D eigenvalue weighted by Gasteiger charge is 2.31. The van der Waals surface area contributed by atoms with Crippen LogP contribution in [-0.4, -0.2) is 36.4 Å². The van der Waals surface area contributed by atoms with Gasteiger partial charge in [-0.05, 0) is 56.2 Å². The van der Waals surface area contributed by atoms with Gasteiger partial charge >= 0.3 is 5.97 Å². The first-order chi connectivity index (χ1) is 14.4. The van der Waals surface area contributed by atoms with Crippen LogP contribution in [0.25, 0.3) is 11.5 Å². The lowest BCUT2D eigenvalue weighted by Crippen LogP contribution is -2.41. The van der Waals surface area contributed by atoms with Gasteiger partial charge in [-0.15, -0.1) is 0 Å². The molecule has 1 aliphatic rings. The SMILES string of the molecule is C[C@@H]1CCCCN1S(=O)(=O)c1ccc(C(=O)OCc2cc(-c3ccco3)on2)cc1. The van der Waals surface area contributed by atoms with E-state index in [0.29, 0.717) is 23.8 Å². The fourth-order valence-electron chi connectivity index (χ4n) is 3.46. The number of nitrogens with zero attached hydrogens (tertiary/aromatic N) is 2. The molecule has 1 atom stereocenters. The zero-order chi connectivity index (χ0) is 21.1. The number of aromatic nitrogens is 1. The van der Waals surface area contributed by atoms with Crippen molar-refractivity contribution in [2.24, 2.45) is 0 Å². The summed E-state index contributed by atoms with van der Waals surface area (Å²) >= 11 is 0. The molecule has 1 aliphatic heterocycles. The molecule has 158 valence electrons. The number of carbonyl (C=O) groups is 1. The Balaban J connectivity index is 1.39. The van der Waals surface area contributed by atoms with Crippen LogP contribution in [0.5, 0.6) is 0 Å². The van der Waals surface area contributed by atoms with Crippen molar-refractivity contribution in [1.29, 1.82) is 0 Å². The van der Waals surface area contributed by atoms with E-state index in [4.69, 9.17) is 13.7 Å². The molecule has 0 bridgehead atoms. The van der Waals surface area contributed by atoms with Gasteiger partial charge in [0.15, 0.2) is 5.76 Å². The van der Waals surface area contributed by atoms with E-state index in [2.05, 4.69) is 5.16 Å². The predicted octanol–water partition coefficient (Wildman–Crippen LogP) is 3.85. The molecule has 0 N–H and O–H groups in total. The molecule has 0 spiro atoms. The number of carbonyl (C=O) groups excluding carboxylic acids is 1. The highest BCUT2D eigenvalue weighted by atomic mass is 32.2. The van der Waals surface area contributed by atoms with Crippen LogP contribution in [0.15, 0.2) is 62.6 Å². The van der Waals surface area contributed by atoms with Crippen molar-refractivity contribution < 1.29 is 26.9 Å². The van der Waals surface area contributed by atoms with E-state index >= 15 is 0 Å². The van der Waals surface area contributed by atoms with E-state index in [-0.39, 0.29) is 23.1 Å². The Bertz CT molecular complexity index is 1100. The normalized spacial score (nSPS) is 17.7. The van der Waals surface area contributed by atoms with Crippen LogP contribution >= 0.6 is 0 Å². The van der Waals surface area contributed by atoms with Crippen LogP contribution in [-0.2, 0) is 21.4 Å². The topological polar surface area (TPSA) is 103 Å². The average molecular weight is 430 g/mol. The third-order valence-electron chi connectivity index (χ3n) is 5.11. The molecule has 1 fully saturated rings. The average Bonchev–Trinajstić information content (AvgIpc) is 3.44. The summed E-state index contributed by atoms with van der Waals surface area (Å²) in [6.07, 6.45) is 4.27. The summed E-state index contributed by atoms with van der Waals surface area (Å²) in [5, 5.41) is 3.85. The number of hydrogen-bond donors (Lipinski definition) is 0. The second-order valence-electron chi connectivity index (χ2n) is 7.22. The van der Waals surface area contributed by atoms with Gasteiger partial charge in [-0.2, -0.15) is 4.31 Å². The summed E-state index contributed by atoms with van der Waals surface area (Å²) in [6.45, 7) is 2.36. The first-order valence-electron chi connectivity index (χ1n) is 9.73. The number of sulfonamides is 1. The molecule has 4 rings (SSSR count). The standard InChI is InChI=1S/C21H22N2O6S/c1-15-5-2-3-11-23(15)30(25,26)18-9-7-16(8-10-18)21(24)28-14-17-13-20(29-22-17)19-6-4-12-27-19/h4,6-10,12-13,15H,2-3,5,11,14H2,1H3/t15-/m1/s1. The Kier molecular flexibility index (Phi) is 5.74. The van der Waals surface area contributed by atoms with Gasteiger partial charge in [-0.3, -0.25) is 0 Å². The van der Waals surface area contributed by atoms with E-state index in [9.17, 15) is 13.2 Å². The Morgan fingerprint density at radius 1 is 1.20 bits per heavy atom. The molecule has 0 radical (unpaired) electrons. The first-order valence-corrected chi connectivity index (χ1v) is 11.2. The van der Waals surface area contributed by atoms with Crippen molar-refractivity contribution in [2.75, 3.05) is 6.54 Å². The van der Waals surface area contributed by atoms with E-state index in [1.54, 1.807) is 18.2 Å². The summed E-state index contributed by atoms with van der Waals surface area (Å²) in [7, 11) is -3.58. The Morgan fingerprint density at radius 2 is 2.00 bits per heavy atom. The zero-order valence-corrected chi connectivity index (χ0v) is 17.3. The second kappa shape index (κ2) is 8.45. The lowest BCUT2D eigenvalue weighted by Gasteiger charge is -2.32. The van der Waals surface area contributed by atoms with Crippen LogP contribution in [0.3, 0.4) is 0 Å². The minimum absolute atomic E-state index is 0.0260. The van der Waals surface area contributed by atoms with Gasteiger partial charge in [-0.1, -0.05) is 11.6 Å². The van der Waals surface area contributed by atoms with Crippen molar-refractivity contribution in [1.82, 2.24) is 9.46 Å². The molecule has 0 amide bonds. The highest BCUT2D eigenvalue weighted by molar-refractivity contribution is 7.89. The summed E-state index contributed by atoms with van der Waals surface area (Å²) in [4.78, 5) is 12.5. The Hall–Kier alpha value is -2.91. The smallest absolute Gasteiger partial charge is 0.338 e. The molecule has 2 aromatic heterocycles. The van der Waals surface area contributed by atoms with Gasteiger partial charge in [-0.25, -0.2) is 13.2 Å². The minimum atomic E-state index is -3.58. The molecule has 0 saturated carbocycles. The van der Waals surface area contributed by atoms with Gasteiger partial charge in [0.1, 0.15) is 12.3 Å². The Labute approximate surface area is 174 Å². The molecule has 1 saturated heterocycles. The lowest BCUT2D eigenvalue weighted by atomic mass is 10.1. The molecule has 9 heteroatoms. The van der Waals surface area contributed by atoms with Crippen LogP contribution in [0, 0.1) is 0 Å². The third kappa shape index (κ3) is 4.17. The molecule has 3 aromatic rings. The molecule has 0 aliphatic carbocycles. The predicted molar refractivity (Wildman–Crippen MR) is 107 cm³/mol. The molecular formula is C21H22N2O6S. The number of esters is 1. The number of furan rings is 1. The van der Waals surface area contributed by atoms with Crippen LogP contribution < -0.4 is 0 Å². The molecule has 3 heterocycles. The largest absolute Gasteiger partial charge is 0.461 e. The van der Waals surface area contributed by atoms with E-state index in [0.717, 1.165) is 19.3 Å². The number of rotatable bonds is 6. The van der Waals surface area contributed by atoms with Gasteiger partial charge in [0.05, 0.1) is 16.7 Å². The van der Waals surface area contributed by atoms with Crippen molar-refractivity contribution in [3.63, 3.8) is 0 Å². The fraction of sp³-hybridized carbons (Fsp3) is 0.333. The van der Waals surface area contributed by atoms with Crippen molar-refractivity contribution in [3.8, 4) is 11.5 Å². The summed E-state index contributed by atoms with van der Waals surface area (Å²) in [5.41, 5.74) is 0.698. The van der Waals surface area contributed by atoms with Crippen LogP contribution in [0.4, 0.5) is 0 Å². The fourth-order valence-corrected chi connectivity index (χ4v) is 5.16. The van der Waals surface area contributed by atoms with Crippen LogP contribution in [0.1, 0.15) is 42.2 Å². The molecule has 8 nitrogen and oxygen atoms in total. The van der Waals surface area contributed by atoms with E-state index < -0.39 is 16.0 Å². The summed E-state index contributed by atoms with van der Waals surface area (Å²) in [5.74, 6) is 0.389. The lowest BCUT2D eigenvalue weighted by molar-refractivity contribution is 0.0464. The van der Waals surface area contributed by atoms with E-state index in [1.165, 1.54) is 34.8 Å². The molecule has 30 heavy (non-hydrogen) atoms. The molecule has 1 aromatic carbocycles. The summed E-state index contributed by atoms with van der Waals surface area (Å²) < 4.78 is 42.9. The molecular weight excluding hydrogens is 408 g/mol. The van der Waals surface area contributed by atoms with E-state index in [1.807, 2.05) is 6.92 Å². The van der Waals surface area contributed by atoms with Crippen molar-refractivity contribution in [2.45, 2.75) is 43.7 Å². The zero-order valence-electron chi connectivity index (χ0n) is 16.5. The second-order valence-corrected chi connectivity index (χ2v) is 9.11. The number of ether oxygens (including phenoxy) is 1.